The summed E-state index contributed by atoms with van der Waals surface area (Å²) in [6.07, 6.45) is 1.50. The number of hydrogen-bond acceptors (Lipinski definition) is 3. The van der Waals surface area contributed by atoms with Gasteiger partial charge >= 0.3 is 5.97 Å². The predicted octanol–water partition coefficient (Wildman–Crippen LogP) is 3.00. The first-order valence-corrected chi connectivity index (χ1v) is 6.07. The minimum Gasteiger partial charge on any atom is -0.485 e. The normalized spacial score (nSPS) is 10.5. The second kappa shape index (κ2) is 5.50. The van der Waals surface area contributed by atoms with Crippen LogP contribution in [-0.2, 0) is 13.7 Å². The molecule has 1 N–H and O–H groups in total. The molecule has 0 fully saturated rings. The van der Waals surface area contributed by atoms with Crippen LogP contribution in [0.1, 0.15) is 16.2 Å². The molecule has 0 aliphatic carbocycles. The Kier molecular flexibility index (Phi) is 3.97. The van der Waals surface area contributed by atoms with E-state index in [0.717, 1.165) is 0 Å². The van der Waals surface area contributed by atoms with Crippen molar-refractivity contribution in [1.29, 1.82) is 0 Å². The van der Waals surface area contributed by atoms with Crippen LogP contribution in [0.4, 0.5) is 0 Å². The molecule has 0 atom stereocenters. The van der Waals surface area contributed by atoms with Crippen LogP contribution in [0.25, 0.3) is 0 Å². The Morgan fingerprint density at radius 3 is 2.79 bits per heavy atom. The fraction of sp³-hybridized carbons (Fsp3) is 0.167. The first-order valence-electron chi connectivity index (χ1n) is 5.31. The van der Waals surface area contributed by atoms with E-state index < -0.39 is 5.97 Å². The molecule has 0 spiro atoms. The third-order valence-corrected chi connectivity index (χ3v) is 3.24. The molecule has 0 radical (unpaired) electrons. The number of carboxylic acid groups (broad SMARTS) is 1. The maximum atomic E-state index is 11.1. The van der Waals surface area contributed by atoms with Crippen molar-refractivity contribution >= 4 is 29.2 Å². The van der Waals surface area contributed by atoms with Gasteiger partial charge in [0.25, 0.3) is 0 Å². The highest BCUT2D eigenvalue weighted by Gasteiger charge is 2.16. The van der Waals surface area contributed by atoms with E-state index in [1.807, 2.05) is 0 Å². The van der Waals surface area contributed by atoms with Gasteiger partial charge in [0.15, 0.2) is 0 Å². The summed E-state index contributed by atoms with van der Waals surface area (Å²) < 4.78 is 7.10. The number of nitrogens with zero attached hydrogens (tertiary/aromatic N) is 2. The number of carbonyl (C=O) groups is 1. The molecule has 1 heterocycles. The van der Waals surface area contributed by atoms with Gasteiger partial charge in [0.05, 0.1) is 11.2 Å². The number of aromatic nitrogens is 2. The Labute approximate surface area is 119 Å². The van der Waals surface area contributed by atoms with Crippen molar-refractivity contribution in [3.05, 3.63) is 46.0 Å². The number of carboxylic acids is 1. The van der Waals surface area contributed by atoms with Crippen molar-refractivity contribution in [2.24, 2.45) is 7.05 Å². The summed E-state index contributed by atoms with van der Waals surface area (Å²) in [5.74, 6) is -0.362. The summed E-state index contributed by atoms with van der Waals surface area (Å²) in [7, 11) is 1.74. The number of ether oxygens (including phenoxy) is 1. The van der Waals surface area contributed by atoms with Crippen LogP contribution < -0.4 is 4.74 Å². The molecule has 2 rings (SSSR count). The lowest BCUT2D eigenvalue weighted by Gasteiger charge is -2.10. The van der Waals surface area contributed by atoms with Gasteiger partial charge in [-0.15, -0.1) is 0 Å². The van der Waals surface area contributed by atoms with Crippen molar-refractivity contribution in [2.75, 3.05) is 0 Å². The Hall–Kier alpha value is -1.72. The molecule has 0 aliphatic rings. The van der Waals surface area contributed by atoms with Crippen molar-refractivity contribution in [3.63, 3.8) is 0 Å². The lowest BCUT2D eigenvalue weighted by molar-refractivity contribution is 0.0692. The second-order valence-electron chi connectivity index (χ2n) is 3.76. The molecular weight excluding hydrogens is 291 g/mol. The average Bonchev–Trinajstić information content (AvgIpc) is 2.67. The lowest BCUT2D eigenvalue weighted by atomic mass is 10.2. The van der Waals surface area contributed by atoms with Gasteiger partial charge in [0.2, 0.25) is 0 Å². The summed E-state index contributed by atoms with van der Waals surface area (Å²) in [5, 5.41) is 9.70. The summed E-state index contributed by atoms with van der Waals surface area (Å²) >= 11 is 11.7. The van der Waals surface area contributed by atoms with E-state index in [-0.39, 0.29) is 22.9 Å². The zero-order valence-electron chi connectivity index (χ0n) is 9.93. The molecule has 2 aromatic rings. The molecule has 100 valence electrons. The Morgan fingerprint density at radius 2 is 2.21 bits per heavy atom. The van der Waals surface area contributed by atoms with Gasteiger partial charge < -0.3 is 14.4 Å². The minimum absolute atomic E-state index is 0.0653. The van der Waals surface area contributed by atoms with Crippen LogP contribution in [0.3, 0.4) is 0 Å². The quantitative estimate of drug-likeness (QED) is 0.943. The van der Waals surface area contributed by atoms with Crippen LogP contribution in [-0.4, -0.2) is 20.6 Å². The second-order valence-corrected chi connectivity index (χ2v) is 4.56. The van der Waals surface area contributed by atoms with Crippen LogP contribution in [0.2, 0.25) is 10.2 Å². The summed E-state index contributed by atoms with van der Waals surface area (Å²) in [6, 6.07) is 4.66. The Morgan fingerprint density at radius 1 is 1.47 bits per heavy atom. The van der Waals surface area contributed by atoms with Gasteiger partial charge in [-0.25, -0.2) is 9.78 Å². The zero-order chi connectivity index (χ0) is 14.0. The van der Waals surface area contributed by atoms with E-state index in [4.69, 9.17) is 33.0 Å². The maximum Gasteiger partial charge on any atom is 0.341 e. The molecule has 19 heavy (non-hydrogen) atoms. The molecule has 0 aliphatic heterocycles. The van der Waals surface area contributed by atoms with Crippen molar-refractivity contribution in [1.82, 2.24) is 9.55 Å². The first kappa shape index (κ1) is 13.7. The number of aromatic carboxylic acids is 1. The van der Waals surface area contributed by atoms with Crippen molar-refractivity contribution in [2.45, 2.75) is 6.61 Å². The van der Waals surface area contributed by atoms with Crippen LogP contribution in [0.5, 0.6) is 5.75 Å². The Bertz CT molecular complexity index is 625. The SMILES string of the molecule is Cn1c(Cl)cnc1COc1cccc(Cl)c1C(=O)O. The summed E-state index contributed by atoms with van der Waals surface area (Å²) in [4.78, 5) is 15.2. The standard InChI is InChI=1S/C12H10Cl2N2O3/c1-16-9(14)5-15-10(16)6-19-8-4-2-3-7(13)11(8)12(17)18/h2-5H,6H2,1H3,(H,17,18). The maximum absolute atomic E-state index is 11.1. The number of imidazole rings is 1. The number of rotatable bonds is 4. The van der Waals surface area contributed by atoms with Gasteiger partial charge in [-0.2, -0.15) is 0 Å². The summed E-state index contributed by atoms with van der Waals surface area (Å²) in [6.45, 7) is 0.101. The lowest BCUT2D eigenvalue weighted by Crippen LogP contribution is -2.07. The summed E-state index contributed by atoms with van der Waals surface area (Å²) in [5.41, 5.74) is -0.0653. The molecule has 0 saturated carbocycles. The molecule has 0 saturated heterocycles. The highest BCUT2D eigenvalue weighted by molar-refractivity contribution is 6.33. The smallest absolute Gasteiger partial charge is 0.341 e. The van der Waals surface area contributed by atoms with Gasteiger partial charge in [0, 0.05) is 7.05 Å². The third-order valence-electron chi connectivity index (χ3n) is 2.57. The van der Waals surface area contributed by atoms with E-state index in [9.17, 15) is 4.79 Å². The molecule has 5 nitrogen and oxygen atoms in total. The monoisotopic (exact) mass is 300 g/mol. The van der Waals surface area contributed by atoms with Gasteiger partial charge in [-0.05, 0) is 12.1 Å². The Balaban J connectivity index is 2.23. The van der Waals surface area contributed by atoms with E-state index in [1.54, 1.807) is 23.7 Å². The molecule has 0 bridgehead atoms. The van der Waals surface area contributed by atoms with E-state index in [2.05, 4.69) is 4.98 Å². The fourth-order valence-electron chi connectivity index (χ4n) is 1.53. The topological polar surface area (TPSA) is 64.4 Å². The number of halogens is 2. The molecule has 0 amide bonds. The molecule has 7 heteroatoms. The van der Waals surface area contributed by atoms with Gasteiger partial charge in [-0.1, -0.05) is 29.3 Å². The molecular formula is C12H10Cl2N2O3. The van der Waals surface area contributed by atoms with Crippen LogP contribution >= 0.6 is 23.2 Å². The predicted molar refractivity (Wildman–Crippen MR) is 71.0 cm³/mol. The highest BCUT2D eigenvalue weighted by atomic mass is 35.5. The van der Waals surface area contributed by atoms with E-state index in [1.165, 1.54) is 12.3 Å². The zero-order valence-corrected chi connectivity index (χ0v) is 11.4. The van der Waals surface area contributed by atoms with Crippen molar-refractivity contribution < 1.29 is 14.6 Å². The fourth-order valence-corrected chi connectivity index (χ4v) is 1.93. The molecule has 1 aromatic heterocycles. The van der Waals surface area contributed by atoms with Gasteiger partial charge in [0.1, 0.15) is 28.9 Å². The van der Waals surface area contributed by atoms with Crippen LogP contribution in [0, 0.1) is 0 Å². The molecule has 0 unspecified atom stereocenters. The van der Waals surface area contributed by atoms with Crippen molar-refractivity contribution in [3.8, 4) is 5.75 Å². The number of benzene rings is 1. The number of hydrogen-bond donors (Lipinski definition) is 1. The average molecular weight is 301 g/mol. The minimum atomic E-state index is -1.14. The first-order chi connectivity index (χ1) is 9.00. The highest BCUT2D eigenvalue weighted by Crippen LogP contribution is 2.27. The molecule has 1 aromatic carbocycles. The van der Waals surface area contributed by atoms with E-state index >= 15 is 0 Å². The third kappa shape index (κ3) is 2.83. The largest absolute Gasteiger partial charge is 0.485 e. The van der Waals surface area contributed by atoms with Crippen LogP contribution in [0.15, 0.2) is 24.4 Å². The van der Waals surface area contributed by atoms with E-state index in [0.29, 0.717) is 11.0 Å². The van der Waals surface area contributed by atoms with Gasteiger partial charge in [-0.3, -0.25) is 0 Å².